The molecule has 0 heterocycles. The van der Waals surface area contributed by atoms with Gasteiger partial charge in [-0.25, -0.2) is 4.79 Å². The second kappa shape index (κ2) is 16.6. The third kappa shape index (κ3) is 10.6. The zero-order valence-electron chi connectivity index (χ0n) is 24.6. The number of hydrogen-bond donors (Lipinski definition) is 2. The van der Waals surface area contributed by atoms with Gasteiger partial charge in [-0.15, -0.1) is 0 Å². The molecule has 0 aromatic heterocycles. The molecule has 4 atom stereocenters. The van der Waals surface area contributed by atoms with Gasteiger partial charge in [0.1, 0.15) is 6.04 Å². The number of rotatable bonds is 14. The number of carbonyl (C=O) groups is 3. The van der Waals surface area contributed by atoms with Crippen molar-refractivity contribution in [2.75, 3.05) is 0 Å². The number of quaternary nitrogens is 1. The lowest BCUT2D eigenvalue weighted by Crippen LogP contribution is -3.16. The maximum Gasteiger partial charge on any atom is 0.335 e. The largest absolute Gasteiger partial charge is 0.626 e. The summed E-state index contributed by atoms with van der Waals surface area (Å²) in [6.45, 7) is 9.51. The molecule has 0 radical (unpaired) electrons. The Kier molecular flexibility index (Phi) is 14.0. The van der Waals surface area contributed by atoms with Crippen LogP contribution in [0.15, 0.2) is 35.3 Å². The number of benzene rings is 1. The van der Waals surface area contributed by atoms with Gasteiger partial charge >= 0.3 is 5.91 Å². The maximum absolute atomic E-state index is 13.9. The van der Waals surface area contributed by atoms with E-state index in [0.29, 0.717) is 18.8 Å². The van der Waals surface area contributed by atoms with Gasteiger partial charge in [0.05, 0.1) is 12.3 Å². The number of nitrogens with two attached hydrogens (primary N) is 1. The highest BCUT2D eigenvalue weighted by molar-refractivity contribution is 6.01. The summed E-state index contributed by atoms with van der Waals surface area (Å²) >= 11 is 0. The number of carbonyl (C=O) groups excluding carboxylic acids is 3. The number of imide groups is 1. The fourth-order valence-corrected chi connectivity index (χ4v) is 5.32. The fourth-order valence-electron chi connectivity index (χ4n) is 5.32. The summed E-state index contributed by atoms with van der Waals surface area (Å²) in [7, 11) is 0. The Bertz CT molecular complexity index is 928. The van der Waals surface area contributed by atoms with Gasteiger partial charge in [-0.1, -0.05) is 89.6 Å². The highest BCUT2D eigenvalue weighted by Crippen LogP contribution is 2.27. The van der Waals surface area contributed by atoms with E-state index in [9.17, 15) is 19.6 Å². The third-order valence-electron chi connectivity index (χ3n) is 7.34. The Balaban J connectivity index is 2.37. The van der Waals surface area contributed by atoms with Crippen molar-refractivity contribution in [3.63, 3.8) is 0 Å². The highest BCUT2D eigenvalue weighted by Gasteiger charge is 2.41. The van der Waals surface area contributed by atoms with Gasteiger partial charge in [0.25, 0.3) is 0 Å². The predicted octanol–water partition coefficient (Wildman–Crippen LogP) is 3.85. The standard InChI is InChI=1S/C31H50N4O4/c1-6-13-28(31(38)35(39)26(21-33-23(4)5)19-24-14-9-7-10-15-24)34(29(36)18-22(2)3)30(37)27(32)20-25-16-11-8-12-17-25/h8,11-12,16-17,21-24,26-28,35H,6-7,9-10,13-15,18-20,32H2,1-5H3/t26-,27-,28-/m0/s1. The Morgan fingerprint density at radius 2 is 1.74 bits per heavy atom. The molecule has 0 saturated heterocycles. The van der Waals surface area contributed by atoms with Crippen LogP contribution >= 0.6 is 0 Å². The molecule has 1 unspecified atom stereocenters. The van der Waals surface area contributed by atoms with Crippen molar-refractivity contribution in [1.29, 1.82) is 0 Å². The Morgan fingerprint density at radius 1 is 1.10 bits per heavy atom. The number of nitrogens with one attached hydrogen (secondary N) is 1. The topological polar surface area (TPSA) is 120 Å². The number of hydroxylamine groups is 2. The first-order chi connectivity index (χ1) is 18.5. The van der Waals surface area contributed by atoms with E-state index >= 15 is 0 Å². The van der Waals surface area contributed by atoms with Crippen molar-refractivity contribution in [2.24, 2.45) is 22.6 Å². The molecular weight excluding hydrogens is 492 g/mol. The maximum atomic E-state index is 13.9. The van der Waals surface area contributed by atoms with E-state index in [1.54, 1.807) is 6.21 Å². The second-order valence-corrected chi connectivity index (χ2v) is 11.8. The first-order valence-corrected chi connectivity index (χ1v) is 14.8. The van der Waals surface area contributed by atoms with Crippen molar-refractivity contribution in [1.82, 2.24) is 4.90 Å². The lowest BCUT2D eigenvalue weighted by atomic mass is 9.85. The molecule has 0 bridgehead atoms. The van der Waals surface area contributed by atoms with E-state index in [1.165, 1.54) is 6.42 Å². The SMILES string of the molecule is CCC[C@@H](C(=O)[NH+]([O-])[C@H](C=NC(C)C)CC1CCCCC1)N(C(=O)CC(C)C)C(=O)[C@@H](N)Cc1ccccc1. The van der Waals surface area contributed by atoms with Gasteiger partial charge in [-0.3, -0.25) is 19.5 Å². The lowest BCUT2D eigenvalue weighted by Gasteiger charge is -2.36. The van der Waals surface area contributed by atoms with E-state index in [2.05, 4.69) is 4.99 Å². The molecular formula is C31H50N4O4. The monoisotopic (exact) mass is 542 g/mol. The minimum Gasteiger partial charge on any atom is -0.626 e. The number of amides is 3. The van der Waals surface area contributed by atoms with Gasteiger partial charge in [0.15, 0.2) is 6.04 Å². The summed E-state index contributed by atoms with van der Waals surface area (Å²) < 4.78 is 0. The molecule has 1 aliphatic rings. The van der Waals surface area contributed by atoms with Gasteiger partial charge in [-0.05, 0) is 44.1 Å². The predicted molar refractivity (Wildman–Crippen MR) is 156 cm³/mol. The lowest BCUT2D eigenvalue weighted by molar-refractivity contribution is -0.783. The third-order valence-corrected chi connectivity index (χ3v) is 7.34. The summed E-state index contributed by atoms with van der Waals surface area (Å²) in [5, 5.41) is 13.2. The Labute approximate surface area is 235 Å². The molecule has 1 fully saturated rings. The number of nitrogens with zero attached hydrogens (tertiary/aromatic N) is 2. The van der Waals surface area contributed by atoms with Gasteiger partial charge in [0.2, 0.25) is 11.8 Å². The van der Waals surface area contributed by atoms with Crippen molar-refractivity contribution < 1.29 is 19.4 Å². The highest BCUT2D eigenvalue weighted by atomic mass is 16.5. The van der Waals surface area contributed by atoms with Crippen molar-refractivity contribution in [3.05, 3.63) is 41.1 Å². The molecule has 39 heavy (non-hydrogen) atoms. The molecule has 1 aromatic carbocycles. The smallest absolute Gasteiger partial charge is 0.335 e. The van der Waals surface area contributed by atoms with Gasteiger partial charge in [-0.2, -0.15) is 0 Å². The van der Waals surface area contributed by atoms with E-state index in [-0.39, 0.29) is 31.2 Å². The summed E-state index contributed by atoms with van der Waals surface area (Å²) in [4.78, 5) is 46.5. The molecule has 1 aromatic rings. The Hall–Kier alpha value is -2.42. The number of aliphatic imine (C=N–C) groups is 1. The molecule has 8 nitrogen and oxygen atoms in total. The fraction of sp³-hybridized carbons (Fsp3) is 0.677. The van der Waals surface area contributed by atoms with Crippen LogP contribution in [0.2, 0.25) is 0 Å². The van der Waals surface area contributed by atoms with Crippen molar-refractivity contribution in [3.8, 4) is 0 Å². The van der Waals surface area contributed by atoms with Crippen LogP contribution in [-0.4, -0.2) is 53.0 Å². The molecule has 8 heteroatoms. The normalized spacial score (nSPS) is 17.8. The summed E-state index contributed by atoms with van der Waals surface area (Å²) in [5.41, 5.74) is 7.20. The zero-order valence-corrected chi connectivity index (χ0v) is 24.6. The zero-order chi connectivity index (χ0) is 28.9. The van der Waals surface area contributed by atoms with Crippen molar-refractivity contribution in [2.45, 2.75) is 123 Å². The molecule has 1 saturated carbocycles. The molecule has 0 spiro atoms. The first-order valence-electron chi connectivity index (χ1n) is 14.8. The minimum atomic E-state index is -1.16. The minimum absolute atomic E-state index is 0.00474. The van der Waals surface area contributed by atoms with E-state index in [1.807, 2.05) is 65.0 Å². The van der Waals surface area contributed by atoms with Crippen LogP contribution in [0.1, 0.15) is 98.0 Å². The van der Waals surface area contributed by atoms with Crippen LogP contribution in [-0.2, 0) is 20.8 Å². The molecule has 3 N–H and O–H groups in total. The van der Waals surface area contributed by atoms with Crippen LogP contribution in [0, 0.1) is 17.0 Å². The Morgan fingerprint density at radius 3 is 2.31 bits per heavy atom. The van der Waals surface area contributed by atoms with Crippen LogP contribution in [0.4, 0.5) is 0 Å². The van der Waals surface area contributed by atoms with E-state index in [4.69, 9.17) is 5.73 Å². The van der Waals surface area contributed by atoms with E-state index < -0.39 is 40.9 Å². The van der Waals surface area contributed by atoms with Crippen LogP contribution < -0.4 is 10.8 Å². The van der Waals surface area contributed by atoms with Gasteiger partial charge < -0.3 is 16.0 Å². The average molecular weight is 543 g/mol. The van der Waals surface area contributed by atoms with Gasteiger partial charge in [0, 0.05) is 18.9 Å². The number of hydrogen-bond acceptors (Lipinski definition) is 6. The van der Waals surface area contributed by atoms with Crippen molar-refractivity contribution >= 4 is 23.9 Å². The summed E-state index contributed by atoms with van der Waals surface area (Å²) in [6, 6.07) is 6.51. The molecule has 2 rings (SSSR count). The van der Waals surface area contributed by atoms with Crippen LogP contribution in [0.25, 0.3) is 0 Å². The summed E-state index contributed by atoms with van der Waals surface area (Å²) in [6.07, 6.45) is 8.81. The molecule has 1 aliphatic carbocycles. The molecule has 3 amide bonds. The molecule has 0 aliphatic heterocycles. The molecule has 218 valence electrons. The van der Waals surface area contributed by atoms with E-state index in [0.717, 1.165) is 36.1 Å². The summed E-state index contributed by atoms with van der Waals surface area (Å²) in [5.74, 6) is -1.42. The quantitative estimate of drug-likeness (QED) is 0.273. The second-order valence-electron chi connectivity index (χ2n) is 11.8. The first kappa shape index (κ1) is 32.8. The van der Waals surface area contributed by atoms with Crippen LogP contribution in [0.5, 0.6) is 0 Å². The average Bonchev–Trinajstić information content (AvgIpc) is 2.90. The van der Waals surface area contributed by atoms with Crippen LogP contribution in [0.3, 0.4) is 0 Å².